The molecule has 0 aliphatic carbocycles. The summed E-state index contributed by atoms with van der Waals surface area (Å²) in [6.07, 6.45) is 4.74. The standard InChI is InChI=1S/C14H18N4O2S/c19-21(20,11-7-13-4-2-1-3-5-13)17-9-6-14(12-17)18-10-8-15-16-18/h1-5,8,10,14H,6-7,9,11-12H2/t14-/m0/s1. The van der Waals surface area contributed by atoms with Crippen LogP contribution in [0.5, 0.6) is 0 Å². The summed E-state index contributed by atoms with van der Waals surface area (Å²) in [6.45, 7) is 1.04. The van der Waals surface area contributed by atoms with E-state index < -0.39 is 10.0 Å². The van der Waals surface area contributed by atoms with Crippen LogP contribution < -0.4 is 0 Å². The first-order valence-electron chi connectivity index (χ1n) is 7.03. The van der Waals surface area contributed by atoms with Crippen molar-refractivity contribution in [2.24, 2.45) is 0 Å². The largest absolute Gasteiger partial charge is 0.248 e. The second kappa shape index (κ2) is 5.95. The number of benzene rings is 1. The third-order valence-corrected chi connectivity index (χ3v) is 5.66. The highest BCUT2D eigenvalue weighted by molar-refractivity contribution is 7.89. The van der Waals surface area contributed by atoms with E-state index in [2.05, 4.69) is 10.3 Å². The first kappa shape index (κ1) is 14.2. The molecule has 0 spiro atoms. The van der Waals surface area contributed by atoms with Crippen LogP contribution in [0.4, 0.5) is 0 Å². The van der Waals surface area contributed by atoms with Gasteiger partial charge >= 0.3 is 0 Å². The lowest BCUT2D eigenvalue weighted by atomic mass is 10.2. The fraction of sp³-hybridized carbons (Fsp3) is 0.429. The summed E-state index contributed by atoms with van der Waals surface area (Å²) >= 11 is 0. The Labute approximate surface area is 124 Å². The Morgan fingerprint density at radius 1 is 1.24 bits per heavy atom. The monoisotopic (exact) mass is 306 g/mol. The van der Waals surface area contributed by atoms with Gasteiger partial charge in [0.05, 0.1) is 18.0 Å². The van der Waals surface area contributed by atoms with Crippen molar-refractivity contribution in [2.75, 3.05) is 18.8 Å². The van der Waals surface area contributed by atoms with Gasteiger partial charge in [0.2, 0.25) is 10.0 Å². The number of aryl methyl sites for hydroxylation is 1. The maximum absolute atomic E-state index is 12.4. The van der Waals surface area contributed by atoms with Crippen molar-refractivity contribution < 1.29 is 8.42 Å². The van der Waals surface area contributed by atoms with Crippen molar-refractivity contribution in [3.8, 4) is 0 Å². The predicted octanol–water partition coefficient (Wildman–Crippen LogP) is 1.10. The Morgan fingerprint density at radius 3 is 2.76 bits per heavy atom. The van der Waals surface area contributed by atoms with Crippen molar-refractivity contribution in [1.29, 1.82) is 0 Å². The molecule has 1 aliphatic rings. The summed E-state index contributed by atoms with van der Waals surface area (Å²) in [5.41, 5.74) is 1.05. The number of sulfonamides is 1. The average molecular weight is 306 g/mol. The summed E-state index contributed by atoms with van der Waals surface area (Å²) in [7, 11) is -3.21. The van der Waals surface area contributed by atoms with Gasteiger partial charge in [-0.15, -0.1) is 5.10 Å². The lowest BCUT2D eigenvalue weighted by Crippen LogP contribution is -2.32. The molecule has 0 bridgehead atoms. The molecular formula is C14H18N4O2S. The van der Waals surface area contributed by atoms with E-state index in [1.807, 2.05) is 30.3 Å². The van der Waals surface area contributed by atoms with E-state index in [4.69, 9.17) is 0 Å². The van der Waals surface area contributed by atoms with Gasteiger partial charge in [0.25, 0.3) is 0 Å². The quantitative estimate of drug-likeness (QED) is 0.829. The molecule has 6 nitrogen and oxygen atoms in total. The molecule has 0 N–H and O–H groups in total. The topological polar surface area (TPSA) is 68.1 Å². The van der Waals surface area contributed by atoms with E-state index in [-0.39, 0.29) is 11.8 Å². The molecule has 21 heavy (non-hydrogen) atoms. The van der Waals surface area contributed by atoms with E-state index in [0.717, 1.165) is 12.0 Å². The van der Waals surface area contributed by atoms with Gasteiger partial charge in [-0.2, -0.15) is 4.31 Å². The lowest BCUT2D eigenvalue weighted by molar-refractivity contribution is 0.428. The molecule has 1 fully saturated rings. The van der Waals surface area contributed by atoms with Crippen LogP contribution in [0.3, 0.4) is 0 Å². The molecule has 0 amide bonds. The van der Waals surface area contributed by atoms with Crippen LogP contribution in [0.2, 0.25) is 0 Å². The van der Waals surface area contributed by atoms with Crippen LogP contribution >= 0.6 is 0 Å². The van der Waals surface area contributed by atoms with Crippen LogP contribution in [0.1, 0.15) is 18.0 Å². The Balaban J connectivity index is 1.61. The third-order valence-electron chi connectivity index (χ3n) is 3.83. The normalized spacial score (nSPS) is 19.9. The third kappa shape index (κ3) is 3.30. The van der Waals surface area contributed by atoms with Crippen LogP contribution in [0.15, 0.2) is 42.7 Å². The first-order chi connectivity index (χ1) is 10.1. The molecule has 1 aromatic heterocycles. The zero-order chi connectivity index (χ0) is 14.7. The van der Waals surface area contributed by atoms with Gasteiger partial charge in [0.1, 0.15) is 0 Å². The molecule has 3 rings (SSSR count). The average Bonchev–Trinajstić information content (AvgIpc) is 3.17. The summed E-state index contributed by atoms with van der Waals surface area (Å²) in [4.78, 5) is 0. The molecule has 0 radical (unpaired) electrons. The van der Waals surface area contributed by atoms with Gasteiger partial charge in [0.15, 0.2) is 0 Å². The van der Waals surface area contributed by atoms with E-state index in [1.165, 1.54) is 0 Å². The van der Waals surface area contributed by atoms with Crippen molar-refractivity contribution in [1.82, 2.24) is 19.3 Å². The number of rotatable bonds is 5. The Morgan fingerprint density at radius 2 is 2.05 bits per heavy atom. The first-order valence-corrected chi connectivity index (χ1v) is 8.63. The summed E-state index contributed by atoms with van der Waals surface area (Å²) in [6, 6.07) is 9.80. The minimum atomic E-state index is -3.21. The molecule has 1 aromatic carbocycles. The molecular weight excluding hydrogens is 288 g/mol. The Hall–Kier alpha value is -1.73. The number of aromatic nitrogens is 3. The number of nitrogens with zero attached hydrogens (tertiary/aromatic N) is 4. The maximum atomic E-state index is 12.4. The van der Waals surface area contributed by atoms with Gasteiger partial charge in [-0.1, -0.05) is 35.5 Å². The van der Waals surface area contributed by atoms with Crippen molar-refractivity contribution in [2.45, 2.75) is 18.9 Å². The fourth-order valence-electron chi connectivity index (χ4n) is 2.61. The second-order valence-corrected chi connectivity index (χ2v) is 7.32. The SMILES string of the molecule is O=S(=O)(CCc1ccccc1)N1CC[C@H](n2ccnn2)C1. The zero-order valence-electron chi connectivity index (χ0n) is 11.7. The molecule has 2 aromatic rings. The van der Waals surface area contributed by atoms with Crippen molar-refractivity contribution in [3.63, 3.8) is 0 Å². The van der Waals surface area contributed by atoms with Gasteiger partial charge in [-0.3, -0.25) is 0 Å². The maximum Gasteiger partial charge on any atom is 0.214 e. The predicted molar refractivity (Wildman–Crippen MR) is 79.2 cm³/mol. The Kier molecular flexibility index (Phi) is 4.03. The van der Waals surface area contributed by atoms with Gasteiger partial charge in [-0.25, -0.2) is 13.1 Å². The molecule has 2 heterocycles. The highest BCUT2D eigenvalue weighted by Gasteiger charge is 2.32. The summed E-state index contributed by atoms with van der Waals surface area (Å²) in [5, 5.41) is 7.73. The lowest BCUT2D eigenvalue weighted by Gasteiger charge is -2.16. The minimum Gasteiger partial charge on any atom is -0.248 e. The minimum absolute atomic E-state index is 0.0963. The summed E-state index contributed by atoms with van der Waals surface area (Å²) in [5.74, 6) is 0.154. The van der Waals surface area contributed by atoms with Crippen LogP contribution in [0.25, 0.3) is 0 Å². The van der Waals surface area contributed by atoms with E-state index in [0.29, 0.717) is 19.5 Å². The zero-order valence-corrected chi connectivity index (χ0v) is 12.5. The second-order valence-electron chi connectivity index (χ2n) is 5.24. The van der Waals surface area contributed by atoms with Crippen molar-refractivity contribution >= 4 is 10.0 Å². The van der Waals surface area contributed by atoms with Crippen LogP contribution in [0, 0.1) is 0 Å². The molecule has 7 heteroatoms. The summed E-state index contributed by atoms with van der Waals surface area (Å²) < 4.78 is 28.1. The molecule has 0 saturated carbocycles. The molecule has 1 aliphatic heterocycles. The van der Waals surface area contributed by atoms with E-state index >= 15 is 0 Å². The fourth-order valence-corrected chi connectivity index (χ4v) is 4.15. The van der Waals surface area contributed by atoms with E-state index in [1.54, 1.807) is 21.4 Å². The highest BCUT2D eigenvalue weighted by atomic mass is 32.2. The molecule has 1 atom stereocenters. The Bertz CT molecular complexity index is 670. The van der Waals surface area contributed by atoms with Crippen molar-refractivity contribution in [3.05, 3.63) is 48.3 Å². The van der Waals surface area contributed by atoms with Gasteiger partial charge in [0, 0.05) is 19.3 Å². The van der Waals surface area contributed by atoms with Crippen LogP contribution in [-0.4, -0.2) is 46.6 Å². The van der Waals surface area contributed by atoms with Crippen LogP contribution in [-0.2, 0) is 16.4 Å². The molecule has 112 valence electrons. The van der Waals surface area contributed by atoms with Gasteiger partial charge < -0.3 is 0 Å². The van der Waals surface area contributed by atoms with E-state index in [9.17, 15) is 8.42 Å². The molecule has 1 saturated heterocycles. The number of hydrogen-bond acceptors (Lipinski definition) is 4. The number of hydrogen-bond donors (Lipinski definition) is 0. The highest BCUT2D eigenvalue weighted by Crippen LogP contribution is 2.23. The molecule has 0 unspecified atom stereocenters. The smallest absolute Gasteiger partial charge is 0.214 e. The van der Waals surface area contributed by atoms with Gasteiger partial charge in [-0.05, 0) is 18.4 Å².